The highest BCUT2D eigenvalue weighted by molar-refractivity contribution is 5.16. The number of hydrogen-bond donors (Lipinski definition) is 1. The molecule has 1 unspecified atom stereocenters. The molecule has 0 aliphatic heterocycles. The Kier molecular flexibility index (Phi) is 6.61. The van der Waals surface area contributed by atoms with Crippen LogP contribution in [0.25, 0.3) is 0 Å². The molecule has 2 rings (SSSR count). The summed E-state index contributed by atoms with van der Waals surface area (Å²) in [6.45, 7) is 6.89. The summed E-state index contributed by atoms with van der Waals surface area (Å²) >= 11 is 0. The zero-order chi connectivity index (χ0) is 14.2. The Bertz CT molecular complexity index is 371. The zero-order valence-corrected chi connectivity index (χ0v) is 13.0. The van der Waals surface area contributed by atoms with Crippen LogP contribution in [0.1, 0.15) is 63.7 Å². The summed E-state index contributed by atoms with van der Waals surface area (Å²) in [7, 11) is 0. The van der Waals surface area contributed by atoms with Crippen LogP contribution in [0.4, 0.5) is 0 Å². The summed E-state index contributed by atoms with van der Waals surface area (Å²) in [5.41, 5.74) is 1.20. The third kappa shape index (κ3) is 5.29. The highest BCUT2D eigenvalue weighted by Gasteiger charge is 2.21. The fourth-order valence-corrected chi connectivity index (χ4v) is 2.41. The van der Waals surface area contributed by atoms with Crippen molar-refractivity contribution in [3.8, 4) is 0 Å². The molecule has 0 saturated heterocycles. The summed E-state index contributed by atoms with van der Waals surface area (Å²) in [4.78, 5) is 0. The first kappa shape index (κ1) is 15.6. The highest BCUT2D eigenvalue weighted by atomic mass is 16.5. The number of hydrogen-bond acceptors (Lipinski definition) is 3. The van der Waals surface area contributed by atoms with Gasteiger partial charge in [-0.3, -0.25) is 0 Å². The molecule has 1 aromatic heterocycles. The Morgan fingerprint density at radius 3 is 2.95 bits per heavy atom. The van der Waals surface area contributed by atoms with Crippen molar-refractivity contribution in [1.82, 2.24) is 5.32 Å². The SMILES string of the molecule is CCCCC(CC)COCc1ccoc1CNC1CC1. The van der Waals surface area contributed by atoms with Crippen LogP contribution in [0, 0.1) is 5.92 Å². The molecule has 1 heterocycles. The van der Waals surface area contributed by atoms with Gasteiger partial charge in [0.25, 0.3) is 0 Å². The number of ether oxygens (including phenoxy) is 1. The molecule has 1 fully saturated rings. The third-order valence-corrected chi connectivity index (χ3v) is 4.12. The number of nitrogens with one attached hydrogen (secondary N) is 1. The van der Waals surface area contributed by atoms with Gasteiger partial charge in [0.2, 0.25) is 0 Å². The lowest BCUT2D eigenvalue weighted by atomic mass is 10.0. The van der Waals surface area contributed by atoms with Gasteiger partial charge in [0.15, 0.2) is 0 Å². The lowest BCUT2D eigenvalue weighted by Gasteiger charge is -2.14. The van der Waals surface area contributed by atoms with Gasteiger partial charge in [0, 0.05) is 18.2 Å². The molecular formula is C17H29NO2. The first-order valence-corrected chi connectivity index (χ1v) is 8.19. The van der Waals surface area contributed by atoms with Crippen LogP contribution in [0.5, 0.6) is 0 Å². The van der Waals surface area contributed by atoms with Crippen molar-refractivity contribution in [3.05, 3.63) is 23.7 Å². The second-order valence-electron chi connectivity index (χ2n) is 5.96. The van der Waals surface area contributed by atoms with Crippen molar-refractivity contribution in [1.29, 1.82) is 0 Å². The molecular weight excluding hydrogens is 250 g/mol. The van der Waals surface area contributed by atoms with E-state index in [0.29, 0.717) is 18.6 Å². The van der Waals surface area contributed by atoms with Gasteiger partial charge in [-0.25, -0.2) is 0 Å². The van der Waals surface area contributed by atoms with E-state index in [4.69, 9.17) is 9.15 Å². The van der Waals surface area contributed by atoms with Gasteiger partial charge in [-0.05, 0) is 31.2 Å². The zero-order valence-electron chi connectivity index (χ0n) is 13.0. The van der Waals surface area contributed by atoms with Crippen molar-refractivity contribution in [2.45, 2.75) is 71.6 Å². The highest BCUT2D eigenvalue weighted by Crippen LogP contribution is 2.21. The summed E-state index contributed by atoms with van der Waals surface area (Å²) in [6, 6.07) is 2.75. The molecule has 20 heavy (non-hydrogen) atoms. The Morgan fingerprint density at radius 2 is 2.25 bits per heavy atom. The van der Waals surface area contributed by atoms with Crippen LogP contribution in [0.2, 0.25) is 0 Å². The van der Waals surface area contributed by atoms with Crippen LogP contribution in [0.3, 0.4) is 0 Å². The van der Waals surface area contributed by atoms with Crippen LogP contribution in [-0.2, 0) is 17.9 Å². The minimum absolute atomic E-state index is 0.681. The molecule has 1 aliphatic carbocycles. The van der Waals surface area contributed by atoms with Gasteiger partial charge >= 0.3 is 0 Å². The molecule has 1 aromatic rings. The van der Waals surface area contributed by atoms with Gasteiger partial charge in [-0.1, -0.05) is 33.1 Å². The molecule has 3 nitrogen and oxygen atoms in total. The van der Waals surface area contributed by atoms with Gasteiger partial charge in [0.05, 0.1) is 19.4 Å². The Morgan fingerprint density at radius 1 is 1.40 bits per heavy atom. The standard InChI is InChI=1S/C17H29NO2/c1-3-5-6-14(4-2)12-19-13-15-9-10-20-17(15)11-18-16-7-8-16/h9-10,14,16,18H,3-8,11-13H2,1-2H3. The van der Waals surface area contributed by atoms with Crippen LogP contribution < -0.4 is 5.32 Å². The van der Waals surface area contributed by atoms with E-state index in [9.17, 15) is 0 Å². The minimum Gasteiger partial charge on any atom is -0.468 e. The Hall–Kier alpha value is -0.800. The lowest BCUT2D eigenvalue weighted by Crippen LogP contribution is -2.16. The molecule has 1 saturated carbocycles. The Labute approximate surface area is 123 Å². The smallest absolute Gasteiger partial charge is 0.123 e. The maximum Gasteiger partial charge on any atom is 0.123 e. The maximum absolute atomic E-state index is 5.90. The van der Waals surface area contributed by atoms with E-state index in [0.717, 1.165) is 18.9 Å². The summed E-state index contributed by atoms with van der Waals surface area (Å²) < 4.78 is 11.5. The van der Waals surface area contributed by atoms with E-state index in [1.54, 1.807) is 6.26 Å². The summed E-state index contributed by atoms with van der Waals surface area (Å²) in [6.07, 6.45) is 9.47. The molecule has 3 heteroatoms. The minimum atomic E-state index is 0.681. The van der Waals surface area contributed by atoms with E-state index in [2.05, 4.69) is 19.2 Å². The molecule has 0 bridgehead atoms. The first-order chi connectivity index (χ1) is 9.83. The van der Waals surface area contributed by atoms with Crippen molar-refractivity contribution >= 4 is 0 Å². The van der Waals surface area contributed by atoms with E-state index < -0.39 is 0 Å². The van der Waals surface area contributed by atoms with Crippen molar-refractivity contribution in [3.63, 3.8) is 0 Å². The molecule has 1 N–H and O–H groups in total. The van der Waals surface area contributed by atoms with Gasteiger partial charge in [0.1, 0.15) is 5.76 Å². The van der Waals surface area contributed by atoms with E-state index in [1.165, 1.54) is 44.1 Å². The Balaban J connectivity index is 1.68. The topological polar surface area (TPSA) is 34.4 Å². The van der Waals surface area contributed by atoms with Crippen molar-refractivity contribution < 1.29 is 9.15 Å². The quantitative estimate of drug-likeness (QED) is 0.657. The van der Waals surface area contributed by atoms with Crippen LogP contribution >= 0.6 is 0 Å². The number of rotatable bonds is 11. The third-order valence-electron chi connectivity index (χ3n) is 4.12. The summed E-state index contributed by atoms with van der Waals surface area (Å²) in [5, 5.41) is 3.49. The average Bonchev–Trinajstić information content (AvgIpc) is 3.19. The van der Waals surface area contributed by atoms with Crippen LogP contribution in [0.15, 0.2) is 16.7 Å². The van der Waals surface area contributed by atoms with E-state index in [-0.39, 0.29) is 0 Å². The molecule has 0 radical (unpaired) electrons. The average molecular weight is 279 g/mol. The van der Waals surface area contributed by atoms with Crippen molar-refractivity contribution in [2.24, 2.45) is 5.92 Å². The van der Waals surface area contributed by atoms with Gasteiger partial charge in [-0.2, -0.15) is 0 Å². The number of unbranched alkanes of at least 4 members (excludes halogenated alkanes) is 1. The fourth-order valence-electron chi connectivity index (χ4n) is 2.41. The second kappa shape index (κ2) is 8.48. The molecule has 0 amide bonds. The second-order valence-corrected chi connectivity index (χ2v) is 5.96. The molecule has 1 aliphatic rings. The first-order valence-electron chi connectivity index (χ1n) is 8.19. The lowest BCUT2D eigenvalue weighted by molar-refractivity contribution is 0.0810. The largest absolute Gasteiger partial charge is 0.468 e. The molecule has 1 atom stereocenters. The fraction of sp³-hybridized carbons (Fsp3) is 0.765. The van der Waals surface area contributed by atoms with Gasteiger partial charge in [-0.15, -0.1) is 0 Å². The van der Waals surface area contributed by atoms with E-state index in [1.807, 2.05) is 6.07 Å². The predicted molar refractivity (Wildman–Crippen MR) is 81.5 cm³/mol. The summed E-state index contributed by atoms with van der Waals surface area (Å²) in [5.74, 6) is 1.74. The number of furan rings is 1. The monoisotopic (exact) mass is 279 g/mol. The molecule has 0 aromatic carbocycles. The molecule has 114 valence electrons. The normalized spacial score (nSPS) is 16.5. The van der Waals surface area contributed by atoms with E-state index >= 15 is 0 Å². The maximum atomic E-state index is 5.90. The molecule has 0 spiro atoms. The van der Waals surface area contributed by atoms with Gasteiger partial charge < -0.3 is 14.5 Å². The van der Waals surface area contributed by atoms with Crippen molar-refractivity contribution in [2.75, 3.05) is 6.61 Å². The van der Waals surface area contributed by atoms with Crippen LogP contribution in [-0.4, -0.2) is 12.6 Å². The predicted octanol–water partition coefficient (Wildman–Crippen LogP) is 4.26.